The third kappa shape index (κ3) is 2.17. The topological polar surface area (TPSA) is 50.7 Å². The molecule has 84 valence electrons. The van der Waals surface area contributed by atoms with Crippen LogP contribution >= 0.6 is 11.6 Å². The van der Waals surface area contributed by atoms with Crippen molar-refractivity contribution in [3.8, 4) is 0 Å². The predicted octanol–water partition coefficient (Wildman–Crippen LogP) is 1.84. The first-order valence-corrected chi connectivity index (χ1v) is 5.47. The third-order valence-electron chi connectivity index (χ3n) is 2.43. The molecule has 2 rings (SSSR count). The van der Waals surface area contributed by atoms with Gasteiger partial charge in [0.25, 0.3) is 0 Å². The minimum atomic E-state index is -0.161. The van der Waals surface area contributed by atoms with Gasteiger partial charge < -0.3 is 0 Å². The molecule has 0 atom stereocenters. The molecular formula is C11H12ClN3O. The van der Waals surface area contributed by atoms with Crippen molar-refractivity contribution in [1.82, 2.24) is 14.8 Å². The summed E-state index contributed by atoms with van der Waals surface area (Å²) in [6.07, 6.45) is 0.629. The fourth-order valence-corrected chi connectivity index (χ4v) is 1.72. The average Bonchev–Trinajstić information content (AvgIpc) is 2.63. The molecule has 5 heteroatoms. The van der Waals surface area contributed by atoms with Crippen molar-refractivity contribution < 1.29 is 0 Å². The molecule has 0 aliphatic heterocycles. The number of aromatic nitrogens is 3. The lowest BCUT2D eigenvalue weighted by Crippen LogP contribution is -2.17. The van der Waals surface area contributed by atoms with Crippen LogP contribution in [0.1, 0.15) is 18.3 Å². The van der Waals surface area contributed by atoms with E-state index >= 15 is 0 Å². The smallest absolute Gasteiger partial charge is 0.279 e. The molecular weight excluding hydrogens is 226 g/mol. The summed E-state index contributed by atoms with van der Waals surface area (Å²) in [4.78, 5) is 11.3. The van der Waals surface area contributed by atoms with Crippen LogP contribution in [-0.4, -0.2) is 14.8 Å². The largest absolute Gasteiger partial charge is 0.343 e. The maximum atomic E-state index is 11.3. The van der Waals surface area contributed by atoms with Crippen molar-refractivity contribution in [2.24, 2.45) is 0 Å². The number of hydrogen-bond donors (Lipinski definition) is 1. The second-order valence-corrected chi connectivity index (χ2v) is 3.93. The van der Waals surface area contributed by atoms with E-state index in [2.05, 4.69) is 10.2 Å². The molecule has 0 aliphatic rings. The van der Waals surface area contributed by atoms with Crippen molar-refractivity contribution in [3.05, 3.63) is 51.2 Å². The molecule has 0 unspecified atom stereocenters. The van der Waals surface area contributed by atoms with E-state index in [0.717, 1.165) is 11.4 Å². The number of H-pyrrole nitrogens is 1. The van der Waals surface area contributed by atoms with Crippen molar-refractivity contribution in [3.63, 3.8) is 0 Å². The summed E-state index contributed by atoms with van der Waals surface area (Å²) < 4.78 is 1.62. The summed E-state index contributed by atoms with van der Waals surface area (Å²) in [6.45, 7) is 2.54. The Bertz CT molecular complexity index is 527. The molecule has 0 bridgehead atoms. The summed E-state index contributed by atoms with van der Waals surface area (Å²) in [6, 6.07) is 7.53. The fourth-order valence-electron chi connectivity index (χ4n) is 1.60. The van der Waals surface area contributed by atoms with Crippen LogP contribution in [0.4, 0.5) is 0 Å². The Morgan fingerprint density at radius 3 is 2.69 bits per heavy atom. The lowest BCUT2D eigenvalue weighted by atomic mass is 10.1. The maximum absolute atomic E-state index is 11.3. The van der Waals surface area contributed by atoms with Gasteiger partial charge in [-0.3, -0.25) is 4.57 Å². The summed E-state index contributed by atoms with van der Waals surface area (Å²) in [7, 11) is 0. The van der Waals surface area contributed by atoms with Gasteiger partial charge >= 0.3 is 5.69 Å². The molecule has 16 heavy (non-hydrogen) atoms. The third-order valence-corrected chi connectivity index (χ3v) is 2.68. The Hall–Kier alpha value is -1.55. The Morgan fingerprint density at radius 2 is 2.06 bits per heavy atom. The van der Waals surface area contributed by atoms with Crippen LogP contribution in [0.2, 0.25) is 5.02 Å². The molecule has 1 N–H and O–H groups in total. The van der Waals surface area contributed by atoms with Crippen molar-refractivity contribution in [2.75, 3.05) is 0 Å². The van der Waals surface area contributed by atoms with Crippen LogP contribution in [0.15, 0.2) is 29.1 Å². The van der Waals surface area contributed by atoms with E-state index in [9.17, 15) is 4.79 Å². The minimum Gasteiger partial charge on any atom is -0.279 e. The molecule has 1 heterocycles. The van der Waals surface area contributed by atoms with Gasteiger partial charge in [-0.15, -0.1) is 0 Å². The van der Waals surface area contributed by atoms with Gasteiger partial charge in [0.15, 0.2) is 0 Å². The first-order chi connectivity index (χ1) is 7.70. The van der Waals surface area contributed by atoms with Gasteiger partial charge in [0.05, 0.1) is 0 Å². The zero-order valence-electron chi connectivity index (χ0n) is 8.90. The lowest BCUT2D eigenvalue weighted by molar-refractivity contribution is 0.690. The van der Waals surface area contributed by atoms with Gasteiger partial charge in [-0.25, -0.2) is 9.89 Å². The molecule has 0 aliphatic carbocycles. The highest BCUT2D eigenvalue weighted by Crippen LogP contribution is 2.11. The zero-order valence-corrected chi connectivity index (χ0v) is 9.66. The molecule has 1 aromatic carbocycles. The van der Waals surface area contributed by atoms with E-state index < -0.39 is 0 Å². The number of aromatic amines is 1. The van der Waals surface area contributed by atoms with Gasteiger partial charge in [0.2, 0.25) is 0 Å². The van der Waals surface area contributed by atoms with Crippen molar-refractivity contribution >= 4 is 11.6 Å². The molecule has 0 fully saturated rings. The highest BCUT2D eigenvalue weighted by Gasteiger charge is 2.06. The van der Waals surface area contributed by atoms with Gasteiger partial charge in [-0.2, -0.15) is 5.10 Å². The summed E-state index contributed by atoms with van der Waals surface area (Å²) in [5, 5.41) is 7.15. The van der Waals surface area contributed by atoms with E-state index in [1.54, 1.807) is 4.57 Å². The second-order valence-electron chi connectivity index (χ2n) is 3.49. The van der Waals surface area contributed by atoms with Crippen LogP contribution in [0.5, 0.6) is 0 Å². The van der Waals surface area contributed by atoms with Crippen LogP contribution < -0.4 is 5.69 Å². The van der Waals surface area contributed by atoms with E-state index in [4.69, 9.17) is 11.6 Å². The lowest BCUT2D eigenvalue weighted by Gasteiger charge is -2.02. The van der Waals surface area contributed by atoms with Gasteiger partial charge in [0, 0.05) is 18.0 Å². The van der Waals surface area contributed by atoms with E-state index in [0.29, 0.717) is 18.0 Å². The summed E-state index contributed by atoms with van der Waals surface area (Å²) in [5.74, 6) is 0.745. The van der Waals surface area contributed by atoms with Crippen molar-refractivity contribution in [1.29, 1.82) is 0 Å². The highest BCUT2D eigenvalue weighted by molar-refractivity contribution is 6.30. The molecule has 0 saturated heterocycles. The van der Waals surface area contributed by atoms with Gasteiger partial charge in [0.1, 0.15) is 5.82 Å². The van der Waals surface area contributed by atoms with Gasteiger partial charge in [-0.05, 0) is 24.6 Å². The fraction of sp³-hybridized carbons (Fsp3) is 0.273. The summed E-state index contributed by atoms with van der Waals surface area (Å²) >= 11 is 5.80. The normalized spacial score (nSPS) is 10.6. The monoisotopic (exact) mass is 237 g/mol. The van der Waals surface area contributed by atoms with Crippen LogP contribution in [-0.2, 0) is 13.0 Å². The highest BCUT2D eigenvalue weighted by atomic mass is 35.5. The van der Waals surface area contributed by atoms with Gasteiger partial charge in [-0.1, -0.05) is 23.7 Å². The molecule has 4 nitrogen and oxygen atoms in total. The maximum Gasteiger partial charge on any atom is 0.343 e. The zero-order chi connectivity index (χ0) is 11.5. The molecule has 0 radical (unpaired) electrons. The quantitative estimate of drug-likeness (QED) is 0.886. The Labute approximate surface area is 97.9 Å². The predicted molar refractivity (Wildman–Crippen MR) is 62.8 cm³/mol. The van der Waals surface area contributed by atoms with Crippen molar-refractivity contribution in [2.45, 2.75) is 19.9 Å². The SMILES string of the molecule is CCn1c(Cc2ccc(Cl)cc2)n[nH]c1=O. The standard InChI is InChI=1S/C11H12ClN3O/c1-2-15-10(13-14-11(15)16)7-8-3-5-9(12)6-4-8/h3-6H,2,7H2,1H3,(H,14,16). The Morgan fingerprint density at radius 1 is 1.38 bits per heavy atom. The minimum absolute atomic E-state index is 0.161. The van der Waals surface area contributed by atoms with E-state index in [1.165, 1.54) is 0 Å². The first kappa shape index (κ1) is 11.0. The number of nitrogens with one attached hydrogen (secondary N) is 1. The summed E-state index contributed by atoms with van der Waals surface area (Å²) in [5.41, 5.74) is 0.921. The van der Waals surface area contributed by atoms with Crippen LogP contribution in [0.3, 0.4) is 0 Å². The molecule has 0 amide bonds. The first-order valence-electron chi connectivity index (χ1n) is 5.09. The molecule has 0 spiro atoms. The van der Waals surface area contributed by atoms with E-state index in [-0.39, 0.29) is 5.69 Å². The second kappa shape index (κ2) is 4.53. The average molecular weight is 238 g/mol. The van der Waals surface area contributed by atoms with Crippen LogP contribution in [0.25, 0.3) is 0 Å². The number of benzene rings is 1. The molecule has 0 saturated carbocycles. The number of halogens is 1. The number of rotatable bonds is 3. The number of nitrogens with zero attached hydrogens (tertiary/aromatic N) is 2. The molecule has 1 aromatic heterocycles. The molecule has 2 aromatic rings. The van der Waals surface area contributed by atoms with Crippen LogP contribution in [0, 0.1) is 0 Å². The Balaban J connectivity index is 2.27. The van der Waals surface area contributed by atoms with E-state index in [1.807, 2.05) is 31.2 Å². The Kier molecular flexibility index (Phi) is 3.10. The number of hydrogen-bond acceptors (Lipinski definition) is 2.